The van der Waals surface area contributed by atoms with Crippen LogP contribution in [0.3, 0.4) is 0 Å². The van der Waals surface area contributed by atoms with Crippen molar-refractivity contribution in [1.82, 2.24) is 19.9 Å². The van der Waals surface area contributed by atoms with Crippen LogP contribution in [0.15, 0.2) is 22.6 Å². The van der Waals surface area contributed by atoms with Crippen molar-refractivity contribution in [1.29, 1.82) is 0 Å². The fraction of sp³-hybridized carbons (Fsp3) is 0.457. The molecule has 0 aromatic carbocycles. The number of aryl methyl sites for hydroxylation is 4. The number of hydrogen-bond donors (Lipinski definition) is 0. The van der Waals surface area contributed by atoms with E-state index in [4.69, 9.17) is 24.4 Å². The van der Waals surface area contributed by atoms with E-state index in [-0.39, 0.29) is 22.3 Å². The summed E-state index contributed by atoms with van der Waals surface area (Å²) in [5.41, 5.74) is 16.8. The van der Waals surface area contributed by atoms with E-state index in [2.05, 4.69) is 73.6 Å². The molecule has 6 nitrogen and oxygen atoms in total. The number of nitrogens with zero attached hydrogens (tertiary/aromatic N) is 4. The third kappa shape index (κ3) is 5.54. The van der Waals surface area contributed by atoms with Crippen molar-refractivity contribution >= 4 is 44.6 Å². The predicted molar refractivity (Wildman–Crippen MR) is 170 cm³/mol. The van der Waals surface area contributed by atoms with Crippen LogP contribution < -0.4 is 9.97 Å². The van der Waals surface area contributed by atoms with E-state index in [1.165, 1.54) is 44.5 Å². The van der Waals surface area contributed by atoms with Gasteiger partial charge in [-0.3, -0.25) is 0 Å². The minimum absolute atomic E-state index is 0. The molecular weight excluding hydrogens is 567 g/mol. The largest absolute Gasteiger partial charge is 2.00 e. The molecule has 42 heavy (non-hydrogen) atoms. The van der Waals surface area contributed by atoms with Crippen molar-refractivity contribution in [3.63, 3.8) is 0 Å². The Hall–Kier alpha value is -3.00. The van der Waals surface area contributed by atoms with Gasteiger partial charge < -0.3 is 15.4 Å². The first kappa shape index (κ1) is 33.5. The summed E-state index contributed by atoms with van der Waals surface area (Å²) in [4.78, 5) is 20.6. The summed E-state index contributed by atoms with van der Waals surface area (Å²) in [6.07, 6.45) is 7.21. The molecule has 0 saturated carbocycles. The maximum atomic E-state index is 6.64. The number of hydrogen-bond acceptors (Lipinski definition) is 3. The van der Waals surface area contributed by atoms with Crippen molar-refractivity contribution in [2.24, 2.45) is 0 Å². The van der Waals surface area contributed by atoms with Crippen molar-refractivity contribution in [2.75, 3.05) is 0 Å². The molecule has 5 rings (SSSR count). The molecule has 8 bridgehead atoms. The number of aromatic nitrogens is 4. The van der Waals surface area contributed by atoms with Crippen LogP contribution in [-0.2, 0) is 42.5 Å². The third-order valence-corrected chi connectivity index (χ3v) is 8.60. The second-order valence-electron chi connectivity index (χ2n) is 10.6. The van der Waals surface area contributed by atoms with Crippen LogP contribution in [0.4, 0.5) is 0 Å². The van der Waals surface area contributed by atoms with Gasteiger partial charge in [0.2, 0.25) is 0 Å². The van der Waals surface area contributed by atoms with Crippen LogP contribution in [0.1, 0.15) is 126 Å². The Kier molecular flexibility index (Phi) is 11.1. The van der Waals surface area contributed by atoms with E-state index in [0.717, 1.165) is 85.0 Å². The van der Waals surface area contributed by atoms with Crippen molar-refractivity contribution in [3.05, 3.63) is 63.4 Å². The third-order valence-electron chi connectivity index (χ3n) is 8.60. The fourth-order valence-corrected chi connectivity index (χ4v) is 6.67. The maximum Gasteiger partial charge on any atom is 2.00 e. The molecule has 0 fully saturated rings. The van der Waals surface area contributed by atoms with Crippen LogP contribution in [-0.4, -0.2) is 15.4 Å². The standard InChI is InChI=1S/C35H43N4O.Co.H2O/c1-9-20-22(11-3)30-18-32-24(13-5)26(15-7)34(38-32)40-35-27(16-8)25(14-6)33(39-35)19-31-23(12-4)21(10-2)29(37-31)17-28(20)36-30;;/h17-19H,9-16H2,1-8H3;;1H2/q-1;+2;/p-1. The molecule has 7 heteroatoms. The monoisotopic (exact) mass is 611 g/mol. The van der Waals surface area contributed by atoms with E-state index < -0.39 is 0 Å². The van der Waals surface area contributed by atoms with E-state index in [1.54, 1.807) is 0 Å². The second kappa shape index (κ2) is 14.0. The summed E-state index contributed by atoms with van der Waals surface area (Å²) in [5.74, 6) is 0.683. The molecule has 3 aromatic rings. The number of fused-ring (bicyclic) bond motifs is 8. The molecule has 3 aromatic heterocycles. The first-order valence-corrected chi connectivity index (χ1v) is 15.4. The number of rotatable bonds is 8. The van der Waals surface area contributed by atoms with Gasteiger partial charge in [-0.2, -0.15) is 4.98 Å². The summed E-state index contributed by atoms with van der Waals surface area (Å²) in [6, 6.07) is 6.59. The van der Waals surface area contributed by atoms with Gasteiger partial charge in [0.25, 0.3) is 5.71 Å². The van der Waals surface area contributed by atoms with Gasteiger partial charge in [-0.1, -0.05) is 90.3 Å². The quantitative estimate of drug-likeness (QED) is 0.236. The van der Waals surface area contributed by atoms with Crippen molar-refractivity contribution < 1.29 is 26.7 Å². The van der Waals surface area contributed by atoms with E-state index in [0.29, 0.717) is 11.6 Å². The van der Waals surface area contributed by atoms with Crippen molar-refractivity contribution in [3.8, 4) is 0 Å². The first-order valence-electron chi connectivity index (χ1n) is 15.4. The van der Waals surface area contributed by atoms with Gasteiger partial charge in [-0.25, -0.2) is 9.40 Å². The summed E-state index contributed by atoms with van der Waals surface area (Å²) in [7, 11) is 0. The van der Waals surface area contributed by atoms with Gasteiger partial charge in [0.05, 0.1) is 22.7 Å². The zero-order chi connectivity index (χ0) is 28.6. The van der Waals surface area contributed by atoms with Crippen LogP contribution in [0.25, 0.3) is 44.6 Å². The Morgan fingerprint density at radius 3 is 1.31 bits per heavy atom. The van der Waals surface area contributed by atoms with Gasteiger partial charge in [-0.05, 0) is 68.1 Å². The molecule has 2 aliphatic heterocycles. The first-order chi connectivity index (χ1) is 19.5. The van der Waals surface area contributed by atoms with Gasteiger partial charge in [0.15, 0.2) is 0 Å². The average molecular weight is 612 g/mol. The van der Waals surface area contributed by atoms with Crippen LogP contribution in [0.2, 0.25) is 0 Å². The molecular formula is C35H44CoN4O2. The zero-order valence-electron chi connectivity index (χ0n) is 26.4. The summed E-state index contributed by atoms with van der Waals surface area (Å²) in [6.45, 7) is 17.7. The molecule has 0 atom stereocenters. The molecule has 2 aliphatic rings. The minimum atomic E-state index is 0. The molecule has 225 valence electrons. The molecule has 5 heterocycles. The average Bonchev–Trinajstić information content (AvgIpc) is 3.67. The summed E-state index contributed by atoms with van der Waals surface area (Å²) >= 11 is 0. The van der Waals surface area contributed by atoms with Gasteiger partial charge in [0, 0.05) is 5.56 Å². The molecule has 0 spiro atoms. The molecule has 0 saturated heterocycles. The van der Waals surface area contributed by atoms with Gasteiger partial charge in [-0.15, -0.1) is 16.6 Å². The molecule has 1 radical (unpaired) electrons. The molecule has 1 N–H and O–H groups in total. The van der Waals surface area contributed by atoms with Crippen molar-refractivity contribution in [2.45, 2.75) is 107 Å². The Morgan fingerprint density at radius 2 is 0.881 bits per heavy atom. The minimum Gasteiger partial charge on any atom is -0.870 e. The van der Waals surface area contributed by atoms with Crippen LogP contribution in [0.5, 0.6) is 0 Å². The predicted octanol–water partition coefficient (Wildman–Crippen LogP) is 8.98. The SMILES string of the molecule is CCC1=C(CC)c2cc3[n-]c([o+]c4nc(cc5[n-]c(cc1n2)c(CC)c5CC)C(CC)=C4CC)c(CC)c3CC.[Co+2].[OH-]. The molecule has 0 aliphatic carbocycles. The van der Waals surface area contributed by atoms with Crippen LogP contribution >= 0.6 is 0 Å². The van der Waals surface area contributed by atoms with Gasteiger partial charge >= 0.3 is 22.7 Å². The zero-order valence-corrected chi connectivity index (χ0v) is 27.4. The normalized spacial score (nSPS) is 13.0. The maximum absolute atomic E-state index is 6.64. The Balaban J connectivity index is 0.00000242. The fourth-order valence-electron chi connectivity index (χ4n) is 6.67. The molecule has 0 amide bonds. The summed E-state index contributed by atoms with van der Waals surface area (Å²) < 4.78 is 6.64. The van der Waals surface area contributed by atoms with E-state index in [9.17, 15) is 0 Å². The van der Waals surface area contributed by atoms with E-state index >= 15 is 0 Å². The van der Waals surface area contributed by atoms with Crippen LogP contribution in [0, 0.1) is 0 Å². The van der Waals surface area contributed by atoms with E-state index in [1.807, 2.05) is 0 Å². The Morgan fingerprint density at radius 1 is 0.500 bits per heavy atom. The second-order valence-corrected chi connectivity index (χ2v) is 10.6. The topological polar surface area (TPSA) is 95.3 Å². The smallest absolute Gasteiger partial charge is 0.870 e. The molecule has 0 unspecified atom stereocenters. The number of allylic oxidation sites excluding steroid dienone is 4. The summed E-state index contributed by atoms with van der Waals surface area (Å²) in [5, 5.41) is 0. The Bertz CT molecular complexity index is 1450. The van der Waals surface area contributed by atoms with Gasteiger partial charge in [0.1, 0.15) is 0 Å². The Labute approximate surface area is 260 Å².